The molecule has 1 heterocycles. The minimum atomic E-state index is -0.178. The summed E-state index contributed by atoms with van der Waals surface area (Å²) in [7, 11) is 0. The van der Waals surface area contributed by atoms with Crippen molar-refractivity contribution in [3.05, 3.63) is 12.2 Å². The summed E-state index contributed by atoms with van der Waals surface area (Å²) in [6.45, 7) is 4.22. The molecule has 0 radical (unpaired) electrons. The van der Waals surface area contributed by atoms with Crippen LogP contribution in [0.15, 0.2) is 12.2 Å². The van der Waals surface area contributed by atoms with Gasteiger partial charge in [-0.05, 0) is 50.6 Å². The third-order valence-corrected chi connectivity index (χ3v) is 4.87. The van der Waals surface area contributed by atoms with E-state index in [1.54, 1.807) is 0 Å². The number of amides is 2. The Bertz CT molecular complexity index is 372. The molecule has 0 saturated heterocycles. The van der Waals surface area contributed by atoms with Crippen LogP contribution in [0.2, 0.25) is 0 Å². The first-order valence-electron chi connectivity index (χ1n) is 9.02. The summed E-state index contributed by atoms with van der Waals surface area (Å²) >= 11 is 0. The van der Waals surface area contributed by atoms with E-state index in [2.05, 4.69) is 6.92 Å². The van der Waals surface area contributed by atoms with E-state index in [-0.39, 0.29) is 11.8 Å². The van der Waals surface area contributed by atoms with E-state index in [1.165, 1.54) is 42.7 Å². The smallest absolute Gasteiger partial charge is 0.253 e. The van der Waals surface area contributed by atoms with E-state index in [0.29, 0.717) is 12.0 Å². The Morgan fingerprint density at radius 1 is 0.870 bits per heavy atom. The summed E-state index contributed by atoms with van der Waals surface area (Å²) < 4.78 is 0. The maximum Gasteiger partial charge on any atom is 0.253 e. The average Bonchev–Trinajstić information content (AvgIpc) is 2.83. The van der Waals surface area contributed by atoms with Crippen molar-refractivity contribution in [3.8, 4) is 0 Å². The van der Waals surface area contributed by atoms with Crippen LogP contribution >= 0.6 is 0 Å². The summed E-state index contributed by atoms with van der Waals surface area (Å²) in [6, 6.07) is 0. The second kappa shape index (κ2) is 10.6. The van der Waals surface area contributed by atoms with Crippen LogP contribution in [0, 0.1) is 5.41 Å². The van der Waals surface area contributed by atoms with E-state index in [0.717, 1.165) is 45.2 Å². The molecule has 0 aliphatic carbocycles. The first-order valence-corrected chi connectivity index (χ1v) is 9.02. The van der Waals surface area contributed by atoms with Gasteiger partial charge in [-0.15, -0.1) is 0 Å². The van der Waals surface area contributed by atoms with Crippen molar-refractivity contribution < 1.29 is 9.59 Å². The third-order valence-electron chi connectivity index (χ3n) is 4.87. The zero-order valence-electron chi connectivity index (χ0n) is 14.6. The average molecular weight is 323 g/mol. The molecule has 0 aromatic carbocycles. The minimum Gasteiger partial charge on any atom is -0.330 e. The molecular formula is C18H33N3O2. The lowest BCUT2D eigenvalue weighted by molar-refractivity contribution is -0.136. The predicted molar refractivity (Wildman–Crippen MR) is 93.6 cm³/mol. The predicted octanol–water partition coefficient (Wildman–Crippen LogP) is 2.35. The molecule has 0 atom stereocenters. The monoisotopic (exact) mass is 323 g/mol. The topological polar surface area (TPSA) is 89.4 Å². The van der Waals surface area contributed by atoms with Crippen LogP contribution in [-0.4, -0.2) is 36.3 Å². The van der Waals surface area contributed by atoms with Crippen molar-refractivity contribution in [2.24, 2.45) is 16.9 Å². The maximum atomic E-state index is 11.4. The molecule has 0 spiro atoms. The number of imide groups is 1. The quantitative estimate of drug-likeness (QED) is 0.402. The molecule has 4 N–H and O–H groups in total. The van der Waals surface area contributed by atoms with Gasteiger partial charge in [0, 0.05) is 18.7 Å². The number of carbonyl (C=O) groups is 2. The zero-order valence-corrected chi connectivity index (χ0v) is 14.6. The van der Waals surface area contributed by atoms with Crippen LogP contribution in [0.25, 0.3) is 0 Å². The Hall–Kier alpha value is -1.20. The highest BCUT2D eigenvalue weighted by Crippen LogP contribution is 2.37. The fraction of sp³-hybridized carbons (Fsp3) is 0.778. The second-order valence-corrected chi connectivity index (χ2v) is 6.65. The van der Waals surface area contributed by atoms with E-state index in [4.69, 9.17) is 11.5 Å². The first kappa shape index (κ1) is 19.8. The van der Waals surface area contributed by atoms with E-state index in [9.17, 15) is 9.59 Å². The van der Waals surface area contributed by atoms with Crippen LogP contribution in [0.1, 0.15) is 64.7 Å². The van der Waals surface area contributed by atoms with Gasteiger partial charge in [0.2, 0.25) is 0 Å². The van der Waals surface area contributed by atoms with Gasteiger partial charge in [0.15, 0.2) is 0 Å². The number of hydrogen-bond acceptors (Lipinski definition) is 4. The number of nitrogens with two attached hydrogens (primary N) is 2. The van der Waals surface area contributed by atoms with Gasteiger partial charge in [-0.2, -0.15) is 0 Å². The molecule has 132 valence electrons. The van der Waals surface area contributed by atoms with Gasteiger partial charge in [-0.3, -0.25) is 14.5 Å². The Morgan fingerprint density at radius 2 is 1.43 bits per heavy atom. The highest BCUT2D eigenvalue weighted by molar-refractivity contribution is 6.12. The van der Waals surface area contributed by atoms with Crippen molar-refractivity contribution in [2.75, 3.05) is 19.6 Å². The summed E-state index contributed by atoms with van der Waals surface area (Å²) in [5.74, 6) is -0.356. The molecule has 0 aromatic rings. The number of carbonyl (C=O) groups excluding carboxylic acids is 2. The van der Waals surface area contributed by atoms with Crippen molar-refractivity contribution >= 4 is 11.8 Å². The largest absolute Gasteiger partial charge is 0.330 e. The molecule has 1 rings (SSSR count). The van der Waals surface area contributed by atoms with Gasteiger partial charge < -0.3 is 11.5 Å². The zero-order chi connectivity index (χ0) is 17.1. The standard InChI is InChI=1S/C18H33N3O2/c1-2-9-18(11-13-19,12-14-20)10-5-3-4-6-15-21-16(22)7-8-17(21)23/h7-8H,2-6,9-15,19-20H2,1H3. The summed E-state index contributed by atoms with van der Waals surface area (Å²) in [6.07, 6.45) is 12.6. The van der Waals surface area contributed by atoms with Crippen LogP contribution in [-0.2, 0) is 9.59 Å². The highest BCUT2D eigenvalue weighted by Gasteiger charge is 2.27. The molecule has 0 saturated carbocycles. The van der Waals surface area contributed by atoms with Gasteiger partial charge in [0.1, 0.15) is 0 Å². The van der Waals surface area contributed by atoms with Gasteiger partial charge >= 0.3 is 0 Å². The van der Waals surface area contributed by atoms with Gasteiger partial charge in [-0.25, -0.2) is 0 Å². The van der Waals surface area contributed by atoms with Crippen LogP contribution < -0.4 is 11.5 Å². The van der Waals surface area contributed by atoms with Gasteiger partial charge in [-0.1, -0.05) is 32.6 Å². The lowest BCUT2D eigenvalue weighted by Gasteiger charge is -2.33. The fourth-order valence-corrected chi connectivity index (χ4v) is 3.67. The lowest BCUT2D eigenvalue weighted by atomic mass is 9.73. The van der Waals surface area contributed by atoms with E-state index in [1.807, 2.05) is 0 Å². The van der Waals surface area contributed by atoms with Crippen molar-refractivity contribution in [2.45, 2.75) is 64.7 Å². The Morgan fingerprint density at radius 3 is 1.96 bits per heavy atom. The number of rotatable bonds is 13. The van der Waals surface area contributed by atoms with Crippen molar-refractivity contribution in [3.63, 3.8) is 0 Å². The van der Waals surface area contributed by atoms with Crippen molar-refractivity contribution in [1.29, 1.82) is 0 Å². The fourth-order valence-electron chi connectivity index (χ4n) is 3.67. The van der Waals surface area contributed by atoms with Crippen LogP contribution in [0.4, 0.5) is 0 Å². The maximum absolute atomic E-state index is 11.4. The van der Waals surface area contributed by atoms with E-state index < -0.39 is 0 Å². The molecule has 0 bridgehead atoms. The number of hydrogen-bond donors (Lipinski definition) is 2. The first-order chi connectivity index (χ1) is 11.1. The minimum absolute atomic E-state index is 0.178. The Kier molecular flexibility index (Phi) is 9.10. The molecule has 1 aliphatic rings. The number of unbranched alkanes of at least 4 members (excludes halogenated alkanes) is 3. The number of nitrogens with zero attached hydrogens (tertiary/aromatic N) is 1. The normalized spacial score (nSPS) is 15.0. The van der Waals surface area contributed by atoms with Gasteiger partial charge in [0.05, 0.1) is 0 Å². The Balaban J connectivity index is 2.25. The van der Waals surface area contributed by atoms with Gasteiger partial charge in [0.25, 0.3) is 11.8 Å². The van der Waals surface area contributed by atoms with Crippen LogP contribution in [0.3, 0.4) is 0 Å². The summed E-state index contributed by atoms with van der Waals surface area (Å²) in [5, 5.41) is 0. The van der Waals surface area contributed by atoms with E-state index >= 15 is 0 Å². The highest BCUT2D eigenvalue weighted by atomic mass is 16.2. The lowest BCUT2D eigenvalue weighted by Crippen LogP contribution is -2.30. The van der Waals surface area contributed by atoms with Crippen LogP contribution in [0.5, 0.6) is 0 Å². The molecule has 0 fully saturated rings. The molecule has 2 amide bonds. The summed E-state index contributed by atoms with van der Waals surface area (Å²) in [4.78, 5) is 24.2. The molecule has 23 heavy (non-hydrogen) atoms. The molecule has 5 heteroatoms. The molecule has 0 unspecified atom stereocenters. The third kappa shape index (κ3) is 6.43. The molecule has 0 aromatic heterocycles. The molecular weight excluding hydrogens is 290 g/mol. The second-order valence-electron chi connectivity index (χ2n) is 6.65. The molecule has 1 aliphatic heterocycles. The summed E-state index contributed by atoms with van der Waals surface area (Å²) in [5.41, 5.74) is 11.9. The molecule has 5 nitrogen and oxygen atoms in total. The Labute approximate surface area is 140 Å². The van der Waals surface area contributed by atoms with Crippen molar-refractivity contribution in [1.82, 2.24) is 4.90 Å². The SMILES string of the molecule is CCCC(CCN)(CCN)CCCCCCN1C(=O)C=CC1=O.